The maximum absolute atomic E-state index is 13.2. The second kappa shape index (κ2) is 10.5. The highest BCUT2D eigenvalue weighted by molar-refractivity contribution is 7.98. The molecule has 0 saturated carbocycles. The first-order chi connectivity index (χ1) is 16.4. The van der Waals surface area contributed by atoms with E-state index >= 15 is 0 Å². The number of anilines is 1. The second-order valence-corrected chi connectivity index (χ2v) is 10.9. The third kappa shape index (κ3) is 5.39. The molecule has 0 fully saturated rings. The number of carbonyl (C=O) groups excluding carboxylic acids is 1. The lowest BCUT2D eigenvalue weighted by molar-refractivity contribution is -0.123. The van der Waals surface area contributed by atoms with Crippen molar-refractivity contribution in [1.29, 1.82) is 0 Å². The molecule has 0 aliphatic carbocycles. The fraction of sp³-hybridized carbons (Fsp3) is 0.269. The molecule has 1 aliphatic heterocycles. The fourth-order valence-corrected chi connectivity index (χ4v) is 5.94. The maximum Gasteiger partial charge on any atom is 0.264 e. The van der Waals surface area contributed by atoms with Crippen molar-refractivity contribution < 1.29 is 17.9 Å². The average Bonchev–Trinajstić information content (AvgIpc) is 2.87. The van der Waals surface area contributed by atoms with E-state index in [1.807, 2.05) is 61.7 Å². The number of thioether (sulfide) groups is 1. The van der Waals surface area contributed by atoms with E-state index in [9.17, 15) is 13.2 Å². The summed E-state index contributed by atoms with van der Waals surface area (Å²) in [4.78, 5) is 13.7. The van der Waals surface area contributed by atoms with E-state index in [1.54, 1.807) is 23.9 Å². The van der Waals surface area contributed by atoms with Gasteiger partial charge in [-0.3, -0.25) is 9.10 Å². The van der Waals surface area contributed by atoms with Crippen molar-refractivity contribution in [3.8, 4) is 5.75 Å². The summed E-state index contributed by atoms with van der Waals surface area (Å²) >= 11 is 1.67. The number of benzene rings is 3. The van der Waals surface area contributed by atoms with Crippen LogP contribution in [0, 0.1) is 0 Å². The molecule has 0 unspecified atom stereocenters. The van der Waals surface area contributed by atoms with Crippen LogP contribution in [0.2, 0.25) is 0 Å². The minimum Gasteiger partial charge on any atom is -0.484 e. The zero-order chi connectivity index (χ0) is 24.1. The molecule has 1 N–H and O–H groups in total. The number of fused-ring (bicyclic) bond motifs is 1. The Morgan fingerprint density at radius 3 is 2.47 bits per heavy atom. The van der Waals surface area contributed by atoms with Crippen LogP contribution in [-0.2, 0) is 21.2 Å². The van der Waals surface area contributed by atoms with E-state index in [-0.39, 0.29) is 23.5 Å². The third-order valence-corrected chi connectivity index (χ3v) is 8.41. The topological polar surface area (TPSA) is 75.7 Å². The first-order valence-corrected chi connectivity index (χ1v) is 13.8. The van der Waals surface area contributed by atoms with Crippen molar-refractivity contribution in [2.75, 3.05) is 23.7 Å². The highest BCUT2D eigenvalue weighted by Crippen LogP contribution is 2.32. The lowest BCUT2D eigenvalue weighted by atomic mass is 10.0. The van der Waals surface area contributed by atoms with Gasteiger partial charge >= 0.3 is 0 Å². The van der Waals surface area contributed by atoms with Gasteiger partial charge in [0.05, 0.1) is 16.6 Å². The Balaban J connectivity index is 1.36. The van der Waals surface area contributed by atoms with Crippen LogP contribution in [0.15, 0.2) is 82.6 Å². The number of sulfonamides is 1. The number of carbonyl (C=O) groups is 1. The van der Waals surface area contributed by atoms with Crippen LogP contribution in [-0.4, -0.2) is 33.7 Å². The van der Waals surface area contributed by atoms with E-state index in [2.05, 4.69) is 5.32 Å². The van der Waals surface area contributed by atoms with Gasteiger partial charge in [-0.25, -0.2) is 8.42 Å². The molecule has 3 aromatic carbocycles. The Bertz CT molecular complexity index is 1240. The van der Waals surface area contributed by atoms with Gasteiger partial charge < -0.3 is 10.1 Å². The van der Waals surface area contributed by atoms with Crippen molar-refractivity contribution in [3.63, 3.8) is 0 Å². The minimum atomic E-state index is -3.68. The van der Waals surface area contributed by atoms with Gasteiger partial charge in [0.2, 0.25) is 0 Å². The monoisotopic (exact) mass is 496 g/mol. The minimum absolute atomic E-state index is 0.146. The highest BCUT2D eigenvalue weighted by Gasteiger charge is 2.28. The van der Waals surface area contributed by atoms with Crippen molar-refractivity contribution in [2.45, 2.75) is 35.6 Å². The van der Waals surface area contributed by atoms with Crippen LogP contribution in [0.4, 0.5) is 5.69 Å². The molecule has 8 heteroatoms. The van der Waals surface area contributed by atoms with Gasteiger partial charge in [0.15, 0.2) is 6.61 Å². The molecule has 0 spiro atoms. The number of rotatable bonds is 8. The highest BCUT2D eigenvalue weighted by atomic mass is 32.2. The molecule has 0 saturated heterocycles. The predicted octanol–water partition coefficient (Wildman–Crippen LogP) is 4.81. The summed E-state index contributed by atoms with van der Waals surface area (Å²) < 4.78 is 33.5. The molecule has 1 atom stereocenters. The van der Waals surface area contributed by atoms with Gasteiger partial charge in [0.1, 0.15) is 5.75 Å². The van der Waals surface area contributed by atoms with Crippen LogP contribution in [0.3, 0.4) is 0 Å². The Hall–Kier alpha value is -2.97. The van der Waals surface area contributed by atoms with E-state index in [0.29, 0.717) is 12.3 Å². The molecule has 178 valence electrons. The normalized spacial score (nSPS) is 14.2. The zero-order valence-electron chi connectivity index (χ0n) is 19.2. The first kappa shape index (κ1) is 24.2. The molecule has 1 heterocycles. The van der Waals surface area contributed by atoms with Gasteiger partial charge in [-0.05, 0) is 79.6 Å². The Morgan fingerprint density at radius 1 is 1.06 bits per heavy atom. The van der Waals surface area contributed by atoms with Crippen LogP contribution in [0.25, 0.3) is 0 Å². The lowest BCUT2D eigenvalue weighted by Crippen LogP contribution is -2.35. The summed E-state index contributed by atoms with van der Waals surface area (Å²) in [6, 6.07) is 21.7. The summed E-state index contributed by atoms with van der Waals surface area (Å²) in [5.74, 6) is 0.188. The van der Waals surface area contributed by atoms with Crippen LogP contribution in [0.5, 0.6) is 5.75 Å². The van der Waals surface area contributed by atoms with Crippen molar-refractivity contribution >= 4 is 33.4 Å². The second-order valence-electron chi connectivity index (χ2n) is 8.13. The SMILES string of the molecule is CSc1ccc([C@H](C)NC(=O)COc2ccc(S(=O)(=O)N3CCCc4ccccc43)cc2)cc1. The Kier molecular flexibility index (Phi) is 7.48. The number of ether oxygens (including phenoxy) is 1. The van der Waals surface area contributed by atoms with Gasteiger partial charge in [0.25, 0.3) is 15.9 Å². The van der Waals surface area contributed by atoms with E-state index in [4.69, 9.17) is 4.74 Å². The summed E-state index contributed by atoms with van der Waals surface area (Å²) in [7, 11) is -3.68. The van der Waals surface area contributed by atoms with Crippen LogP contribution in [0.1, 0.15) is 30.5 Å². The number of aryl methyl sites for hydroxylation is 1. The number of para-hydroxylation sites is 1. The van der Waals surface area contributed by atoms with Crippen molar-refractivity contribution in [3.05, 3.63) is 83.9 Å². The van der Waals surface area contributed by atoms with E-state index in [1.165, 1.54) is 21.3 Å². The molecular weight excluding hydrogens is 468 g/mol. The van der Waals surface area contributed by atoms with Gasteiger partial charge in [-0.15, -0.1) is 11.8 Å². The standard InChI is InChI=1S/C26H28N2O4S2/c1-19(20-9-13-23(33-2)14-10-20)27-26(29)18-32-22-11-15-24(16-12-22)34(30,31)28-17-5-7-21-6-3-4-8-25(21)28/h3-4,6,8-16,19H,5,7,17-18H2,1-2H3,(H,27,29)/t19-/m0/s1. The molecule has 34 heavy (non-hydrogen) atoms. The molecular formula is C26H28N2O4S2. The number of nitrogens with zero attached hydrogens (tertiary/aromatic N) is 1. The molecule has 4 rings (SSSR count). The molecule has 6 nitrogen and oxygen atoms in total. The summed E-state index contributed by atoms with van der Waals surface area (Å²) in [6.07, 6.45) is 3.68. The quantitative estimate of drug-likeness (QED) is 0.453. The van der Waals surface area contributed by atoms with Crippen molar-refractivity contribution in [1.82, 2.24) is 5.32 Å². The first-order valence-electron chi connectivity index (χ1n) is 11.2. The Morgan fingerprint density at radius 2 is 1.76 bits per heavy atom. The molecule has 0 aromatic heterocycles. The van der Waals surface area contributed by atoms with E-state index in [0.717, 1.165) is 29.7 Å². The van der Waals surface area contributed by atoms with E-state index < -0.39 is 10.0 Å². The zero-order valence-corrected chi connectivity index (χ0v) is 20.9. The summed E-state index contributed by atoms with van der Waals surface area (Å²) in [5, 5.41) is 2.92. The van der Waals surface area contributed by atoms with Crippen molar-refractivity contribution in [2.24, 2.45) is 0 Å². The Labute approximate surface area is 205 Å². The fourth-order valence-electron chi connectivity index (χ4n) is 3.99. The third-order valence-electron chi connectivity index (χ3n) is 5.84. The lowest BCUT2D eigenvalue weighted by Gasteiger charge is -2.30. The number of nitrogens with one attached hydrogen (secondary N) is 1. The largest absolute Gasteiger partial charge is 0.484 e. The number of hydrogen-bond acceptors (Lipinski definition) is 5. The maximum atomic E-state index is 13.2. The molecule has 1 amide bonds. The molecule has 0 radical (unpaired) electrons. The number of hydrogen-bond donors (Lipinski definition) is 1. The predicted molar refractivity (Wildman–Crippen MR) is 136 cm³/mol. The molecule has 1 aliphatic rings. The van der Waals surface area contributed by atoms with Gasteiger partial charge in [0, 0.05) is 11.4 Å². The van der Waals surface area contributed by atoms with Crippen LogP contribution >= 0.6 is 11.8 Å². The van der Waals surface area contributed by atoms with Gasteiger partial charge in [-0.1, -0.05) is 30.3 Å². The van der Waals surface area contributed by atoms with Crippen LogP contribution < -0.4 is 14.4 Å². The summed E-state index contributed by atoms with van der Waals surface area (Å²) in [5.41, 5.74) is 2.79. The molecule has 3 aromatic rings. The summed E-state index contributed by atoms with van der Waals surface area (Å²) in [6.45, 7) is 2.22. The molecule has 0 bridgehead atoms. The van der Waals surface area contributed by atoms with Gasteiger partial charge in [-0.2, -0.15) is 0 Å². The smallest absolute Gasteiger partial charge is 0.264 e. The number of amides is 1. The average molecular weight is 497 g/mol.